The Morgan fingerprint density at radius 3 is 2.62 bits per heavy atom. The SMILES string of the molecule is CCCn1ccc(C(=O)N2CCO[C@](COc3ccc(F)cc3)(CC(=O)N(C)Cc3ccccc3)C2)n1. The molecular weight excluding hydrogens is 475 g/mol. The Morgan fingerprint density at radius 1 is 1.14 bits per heavy atom. The maximum atomic E-state index is 13.4. The summed E-state index contributed by atoms with van der Waals surface area (Å²) in [6.45, 7) is 4.05. The zero-order chi connectivity index (χ0) is 26.3. The molecule has 2 aromatic carbocycles. The van der Waals surface area contributed by atoms with Crippen LogP contribution in [0.3, 0.4) is 0 Å². The predicted molar refractivity (Wildman–Crippen MR) is 137 cm³/mol. The number of amides is 2. The number of carbonyl (C=O) groups is 2. The monoisotopic (exact) mass is 508 g/mol. The third-order valence-electron chi connectivity index (χ3n) is 6.33. The van der Waals surface area contributed by atoms with E-state index in [0.29, 0.717) is 24.5 Å². The number of carbonyl (C=O) groups excluding carboxylic acids is 2. The van der Waals surface area contributed by atoms with Crippen LogP contribution in [0.1, 0.15) is 35.8 Å². The largest absolute Gasteiger partial charge is 0.490 e. The normalized spacial score (nSPS) is 17.4. The van der Waals surface area contributed by atoms with E-state index in [-0.39, 0.29) is 43.8 Å². The molecular formula is C28H33FN4O4. The van der Waals surface area contributed by atoms with E-state index in [1.165, 1.54) is 24.3 Å². The highest BCUT2D eigenvalue weighted by Gasteiger charge is 2.42. The van der Waals surface area contributed by atoms with Crippen LogP contribution in [0.2, 0.25) is 0 Å². The highest BCUT2D eigenvalue weighted by atomic mass is 19.1. The van der Waals surface area contributed by atoms with Crippen molar-refractivity contribution < 1.29 is 23.5 Å². The molecule has 0 N–H and O–H groups in total. The van der Waals surface area contributed by atoms with E-state index in [1.807, 2.05) is 37.3 Å². The summed E-state index contributed by atoms with van der Waals surface area (Å²) in [6.07, 6.45) is 2.73. The molecule has 9 heteroatoms. The second-order valence-corrected chi connectivity index (χ2v) is 9.38. The Balaban J connectivity index is 1.51. The zero-order valence-electron chi connectivity index (χ0n) is 21.3. The molecule has 1 atom stereocenters. The Hall–Kier alpha value is -3.72. The maximum Gasteiger partial charge on any atom is 0.274 e. The van der Waals surface area contributed by atoms with Gasteiger partial charge in [-0.05, 0) is 42.3 Å². The van der Waals surface area contributed by atoms with Gasteiger partial charge in [0.15, 0.2) is 0 Å². The lowest BCUT2D eigenvalue weighted by Crippen LogP contribution is -2.58. The van der Waals surface area contributed by atoms with Gasteiger partial charge in [0.05, 0.1) is 19.6 Å². The molecule has 0 aliphatic carbocycles. The van der Waals surface area contributed by atoms with Gasteiger partial charge in [0.25, 0.3) is 5.91 Å². The van der Waals surface area contributed by atoms with Gasteiger partial charge in [0.2, 0.25) is 5.91 Å². The number of nitrogens with zero attached hydrogens (tertiary/aromatic N) is 4. The molecule has 37 heavy (non-hydrogen) atoms. The van der Waals surface area contributed by atoms with Gasteiger partial charge in [-0.2, -0.15) is 5.10 Å². The van der Waals surface area contributed by atoms with Crippen LogP contribution in [0.15, 0.2) is 66.9 Å². The molecule has 0 unspecified atom stereocenters. The molecule has 0 saturated carbocycles. The number of benzene rings is 2. The van der Waals surface area contributed by atoms with Crippen molar-refractivity contribution >= 4 is 11.8 Å². The van der Waals surface area contributed by atoms with Crippen molar-refractivity contribution in [2.45, 2.75) is 38.5 Å². The van der Waals surface area contributed by atoms with Crippen LogP contribution in [-0.4, -0.2) is 70.3 Å². The third kappa shape index (κ3) is 6.95. The molecule has 1 aliphatic rings. The fourth-order valence-electron chi connectivity index (χ4n) is 4.36. The van der Waals surface area contributed by atoms with Crippen molar-refractivity contribution in [1.82, 2.24) is 19.6 Å². The standard InChI is InChI=1S/C28H33FN4O4/c1-3-14-33-15-13-25(30-33)27(35)32-16-17-37-28(20-32,21-36-24-11-9-23(29)10-12-24)18-26(34)31(2)19-22-7-5-4-6-8-22/h4-13,15H,3,14,16-21H2,1-2H3/t28-/m1/s1. The molecule has 0 spiro atoms. The van der Waals surface area contributed by atoms with Crippen molar-refractivity contribution in [3.63, 3.8) is 0 Å². The average Bonchev–Trinajstić information content (AvgIpc) is 3.37. The van der Waals surface area contributed by atoms with E-state index < -0.39 is 5.60 Å². The molecule has 1 aliphatic heterocycles. The Kier molecular flexibility index (Phi) is 8.55. The number of hydrogen-bond acceptors (Lipinski definition) is 5. The summed E-state index contributed by atoms with van der Waals surface area (Å²) in [4.78, 5) is 29.9. The lowest BCUT2D eigenvalue weighted by Gasteiger charge is -2.42. The molecule has 2 heterocycles. The Morgan fingerprint density at radius 2 is 1.89 bits per heavy atom. The number of aryl methyl sites for hydroxylation is 1. The molecule has 1 fully saturated rings. The second kappa shape index (κ2) is 12.0. The van der Waals surface area contributed by atoms with Crippen LogP contribution in [0.25, 0.3) is 0 Å². The number of morpholine rings is 1. The summed E-state index contributed by atoms with van der Waals surface area (Å²) < 4.78 is 27.2. The predicted octanol–water partition coefficient (Wildman–Crippen LogP) is 3.77. The van der Waals surface area contributed by atoms with Gasteiger partial charge in [-0.3, -0.25) is 14.3 Å². The first-order valence-electron chi connectivity index (χ1n) is 12.5. The van der Waals surface area contributed by atoms with Crippen LogP contribution in [0, 0.1) is 5.82 Å². The minimum atomic E-state index is -1.07. The van der Waals surface area contributed by atoms with Gasteiger partial charge >= 0.3 is 0 Å². The first kappa shape index (κ1) is 26.3. The highest BCUT2D eigenvalue weighted by molar-refractivity contribution is 5.92. The number of ether oxygens (including phenoxy) is 2. The van der Waals surface area contributed by atoms with E-state index in [1.54, 1.807) is 33.8 Å². The summed E-state index contributed by atoms with van der Waals surface area (Å²) in [7, 11) is 1.75. The lowest BCUT2D eigenvalue weighted by molar-refractivity contribution is -0.152. The fraction of sp³-hybridized carbons (Fsp3) is 0.393. The van der Waals surface area contributed by atoms with Crippen LogP contribution in [-0.2, 0) is 22.6 Å². The van der Waals surface area contributed by atoms with Crippen LogP contribution >= 0.6 is 0 Å². The second-order valence-electron chi connectivity index (χ2n) is 9.38. The summed E-state index contributed by atoms with van der Waals surface area (Å²) in [5.74, 6) is -0.258. The van der Waals surface area contributed by atoms with E-state index in [4.69, 9.17) is 9.47 Å². The van der Waals surface area contributed by atoms with Crippen molar-refractivity contribution in [2.75, 3.05) is 33.4 Å². The lowest BCUT2D eigenvalue weighted by atomic mass is 9.96. The van der Waals surface area contributed by atoms with E-state index in [9.17, 15) is 14.0 Å². The van der Waals surface area contributed by atoms with Crippen molar-refractivity contribution in [3.05, 3.63) is 83.9 Å². The molecule has 4 rings (SSSR count). The van der Waals surface area contributed by atoms with Crippen molar-refractivity contribution in [3.8, 4) is 5.75 Å². The summed E-state index contributed by atoms with van der Waals surface area (Å²) in [6, 6.07) is 17.1. The Labute approximate surface area is 216 Å². The number of aromatic nitrogens is 2. The van der Waals surface area contributed by atoms with E-state index in [2.05, 4.69) is 5.10 Å². The van der Waals surface area contributed by atoms with Gasteiger partial charge in [-0.1, -0.05) is 37.3 Å². The molecule has 2 amide bonds. The van der Waals surface area contributed by atoms with Crippen LogP contribution < -0.4 is 4.74 Å². The molecule has 3 aromatic rings. The highest BCUT2D eigenvalue weighted by Crippen LogP contribution is 2.26. The van der Waals surface area contributed by atoms with Crippen molar-refractivity contribution in [2.24, 2.45) is 0 Å². The van der Waals surface area contributed by atoms with Gasteiger partial charge in [0, 0.05) is 32.9 Å². The third-order valence-corrected chi connectivity index (χ3v) is 6.33. The smallest absolute Gasteiger partial charge is 0.274 e. The number of rotatable bonds is 10. The van der Waals surface area contributed by atoms with Gasteiger partial charge in [-0.25, -0.2) is 4.39 Å². The first-order valence-corrected chi connectivity index (χ1v) is 12.5. The number of halogens is 1. The zero-order valence-corrected chi connectivity index (χ0v) is 21.3. The van der Waals surface area contributed by atoms with Gasteiger partial charge < -0.3 is 19.3 Å². The molecule has 0 radical (unpaired) electrons. The summed E-state index contributed by atoms with van der Waals surface area (Å²) in [5.41, 5.74) is 0.297. The average molecular weight is 509 g/mol. The van der Waals surface area contributed by atoms with E-state index in [0.717, 1.165) is 18.5 Å². The molecule has 1 saturated heterocycles. The molecule has 196 valence electrons. The van der Waals surface area contributed by atoms with Crippen LogP contribution in [0.4, 0.5) is 4.39 Å². The topological polar surface area (TPSA) is 76.9 Å². The minimum absolute atomic E-state index is 0.0194. The van der Waals surface area contributed by atoms with E-state index >= 15 is 0 Å². The minimum Gasteiger partial charge on any atom is -0.490 e. The molecule has 1 aromatic heterocycles. The number of hydrogen-bond donors (Lipinski definition) is 0. The van der Waals surface area contributed by atoms with Crippen LogP contribution in [0.5, 0.6) is 5.75 Å². The van der Waals surface area contributed by atoms with Crippen molar-refractivity contribution in [1.29, 1.82) is 0 Å². The maximum absolute atomic E-state index is 13.4. The summed E-state index contributed by atoms with van der Waals surface area (Å²) >= 11 is 0. The molecule has 8 nitrogen and oxygen atoms in total. The Bertz CT molecular complexity index is 1180. The quantitative estimate of drug-likeness (QED) is 0.417. The van der Waals surface area contributed by atoms with Gasteiger partial charge in [-0.15, -0.1) is 0 Å². The summed E-state index contributed by atoms with van der Waals surface area (Å²) in [5, 5.41) is 4.40. The fourth-order valence-corrected chi connectivity index (χ4v) is 4.36. The first-order chi connectivity index (χ1) is 17.9. The molecule has 0 bridgehead atoms. The van der Waals surface area contributed by atoms with Gasteiger partial charge in [0.1, 0.15) is 29.5 Å².